The zero-order chi connectivity index (χ0) is 15.4. The Bertz CT molecular complexity index is 679. The molecular weight excluding hydrogens is 266 g/mol. The number of anilines is 1. The van der Waals surface area contributed by atoms with Crippen LogP contribution in [-0.4, -0.2) is 26.0 Å². The number of aryl methyl sites for hydroxylation is 1. The summed E-state index contributed by atoms with van der Waals surface area (Å²) in [6.07, 6.45) is 0. The molecular formula is C17H17NO3. The van der Waals surface area contributed by atoms with Crippen molar-refractivity contribution in [1.82, 2.24) is 0 Å². The molecule has 0 unspecified atom stereocenters. The van der Waals surface area contributed by atoms with Gasteiger partial charge in [0.25, 0.3) is 5.91 Å². The molecule has 0 bridgehead atoms. The molecule has 0 aromatic heterocycles. The molecule has 0 aliphatic carbocycles. The van der Waals surface area contributed by atoms with Gasteiger partial charge in [-0.25, -0.2) is 4.79 Å². The Morgan fingerprint density at radius 1 is 1.05 bits per heavy atom. The normalized spacial score (nSPS) is 10.0. The van der Waals surface area contributed by atoms with Crippen LogP contribution in [0.4, 0.5) is 5.69 Å². The lowest BCUT2D eigenvalue weighted by molar-refractivity contribution is 0.0601. The van der Waals surface area contributed by atoms with Gasteiger partial charge in [0.05, 0.1) is 18.4 Å². The van der Waals surface area contributed by atoms with Crippen molar-refractivity contribution >= 4 is 17.6 Å². The quantitative estimate of drug-likeness (QED) is 0.813. The molecule has 0 atom stereocenters. The SMILES string of the molecule is COC(=O)c1ccccc1N(C)C(=O)c1cccc(C)c1. The largest absolute Gasteiger partial charge is 0.465 e. The van der Waals surface area contributed by atoms with Crippen LogP contribution in [0.2, 0.25) is 0 Å². The maximum Gasteiger partial charge on any atom is 0.339 e. The number of ether oxygens (including phenoxy) is 1. The second-order valence-corrected chi connectivity index (χ2v) is 4.74. The summed E-state index contributed by atoms with van der Waals surface area (Å²) in [7, 11) is 2.97. The van der Waals surface area contributed by atoms with Gasteiger partial charge in [0.15, 0.2) is 0 Å². The van der Waals surface area contributed by atoms with E-state index in [0.717, 1.165) is 5.56 Å². The van der Waals surface area contributed by atoms with E-state index in [-0.39, 0.29) is 5.91 Å². The standard InChI is InChI=1S/C17H17NO3/c1-12-7-6-8-13(11-12)16(19)18(2)15-10-5-4-9-14(15)17(20)21-3/h4-11H,1-3H3. The first-order valence-corrected chi connectivity index (χ1v) is 6.56. The van der Waals surface area contributed by atoms with Gasteiger partial charge in [-0.1, -0.05) is 29.8 Å². The zero-order valence-electron chi connectivity index (χ0n) is 12.3. The van der Waals surface area contributed by atoms with Gasteiger partial charge < -0.3 is 9.64 Å². The Hall–Kier alpha value is -2.62. The molecule has 2 aromatic rings. The van der Waals surface area contributed by atoms with Crippen LogP contribution in [0.15, 0.2) is 48.5 Å². The van der Waals surface area contributed by atoms with E-state index in [2.05, 4.69) is 0 Å². The predicted molar refractivity (Wildman–Crippen MR) is 81.7 cm³/mol. The van der Waals surface area contributed by atoms with Gasteiger partial charge in [0, 0.05) is 12.6 Å². The Morgan fingerprint density at radius 2 is 1.76 bits per heavy atom. The number of carbonyl (C=O) groups is 2. The summed E-state index contributed by atoms with van der Waals surface area (Å²) in [5.74, 6) is -0.635. The average Bonchev–Trinajstić information content (AvgIpc) is 2.52. The predicted octanol–water partition coefficient (Wildman–Crippen LogP) is 3.06. The number of hydrogen-bond acceptors (Lipinski definition) is 3. The summed E-state index contributed by atoms with van der Waals surface area (Å²) < 4.78 is 4.75. The third-order valence-electron chi connectivity index (χ3n) is 3.24. The molecule has 0 saturated carbocycles. The van der Waals surface area contributed by atoms with Crippen LogP contribution in [-0.2, 0) is 4.74 Å². The monoisotopic (exact) mass is 283 g/mol. The molecule has 1 amide bonds. The van der Waals surface area contributed by atoms with Crippen molar-refractivity contribution in [2.24, 2.45) is 0 Å². The van der Waals surface area contributed by atoms with E-state index in [1.807, 2.05) is 25.1 Å². The van der Waals surface area contributed by atoms with E-state index >= 15 is 0 Å². The lowest BCUT2D eigenvalue weighted by Crippen LogP contribution is -2.28. The number of para-hydroxylation sites is 1. The molecule has 0 saturated heterocycles. The number of rotatable bonds is 3. The van der Waals surface area contributed by atoms with E-state index < -0.39 is 5.97 Å². The third kappa shape index (κ3) is 3.11. The molecule has 0 fully saturated rings. The maximum absolute atomic E-state index is 12.5. The molecule has 4 heteroatoms. The van der Waals surface area contributed by atoms with Crippen LogP contribution in [0.5, 0.6) is 0 Å². The lowest BCUT2D eigenvalue weighted by Gasteiger charge is -2.20. The molecule has 0 aliphatic heterocycles. The molecule has 0 aliphatic rings. The number of benzene rings is 2. The molecule has 4 nitrogen and oxygen atoms in total. The number of hydrogen-bond donors (Lipinski definition) is 0. The topological polar surface area (TPSA) is 46.6 Å². The smallest absolute Gasteiger partial charge is 0.339 e. The first kappa shape index (κ1) is 14.8. The summed E-state index contributed by atoms with van der Waals surface area (Å²) in [5, 5.41) is 0. The highest BCUT2D eigenvalue weighted by molar-refractivity contribution is 6.09. The molecule has 2 rings (SSSR count). The van der Waals surface area contributed by atoms with Gasteiger partial charge in [0.1, 0.15) is 0 Å². The highest BCUT2D eigenvalue weighted by Crippen LogP contribution is 2.22. The summed E-state index contributed by atoms with van der Waals surface area (Å²) in [6, 6.07) is 14.2. The Kier molecular flexibility index (Phi) is 4.38. The Morgan fingerprint density at radius 3 is 2.43 bits per heavy atom. The van der Waals surface area contributed by atoms with Crippen LogP contribution in [0.3, 0.4) is 0 Å². The number of methoxy groups -OCH3 is 1. The fourth-order valence-corrected chi connectivity index (χ4v) is 2.13. The average molecular weight is 283 g/mol. The number of carbonyl (C=O) groups excluding carboxylic acids is 2. The van der Waals surface area contributed by atoms with Crippen LogP contribution >= 0.6 is 0 Å². The van der Waals surface area contributed by atoms with Crippen LogP contribution in [0.25, 0.3) is 0 Å². The summed E-state index contributed by atoms with van der Waals surface area (Å²) in [6.45, 7) is 1.93. The van der Waals surface area contributed by atoms with Crippen molar-refractivity contribution in [2.75, 3.05) is 19.1 Å². The van der Waals surface area contributed by atoms with Gasteiger partial charge in [-0.15, -0.1) is 0 Å². The van der Waals surface area contributed by atoms with Gasteiger partial charge in [0.2, 0.25) is 0 Å². The molecule has 108 valence electrons. The van der Waals surface area contributed by atoms with Crippen molar-refractivity contribution in [3.05, 3.63) is 65.2 Å². The Balaban J connectivity index is 2.38. The minimum absolute atomic E-state index is 0.171. The summed E-state index contributed by atoms with van der Waals surface area (Å²) in [5.41, 5.74) is 2.48. The molecule has 0 radical (unpaired) electrons. The first-order valence-electron chi connectivity index (χ1n) is 6.56. The van der Waals surface area contributed by atoms with Gasteiger partial charge in [-0.3, -0.25) is 4.79 Å². The fraction of sp³-hybridized carbons (Fsp3) is 0.176. The van der Waals surface area contributed by atoms with Gasteiger partial charge >= 0.3 is 5.97 Å². The van der Waals surface area contributed by atoms with Crippen molar-refractivity contribution < 1.29 is 14.3 Å². The number of esters is 1. The van der Waals surface area contributed by atoms with E-state index in [1.54, 1.807) is 37.4 Å². The molecule has 0 heterocycles. The second kappa shape index (κ2) is 6.22. The van der Waals surface area contributed by atoms with Gasteiger partial charge in [-0.05, 0) is 31.2 Å². The number of amides is 1. The summed E-state index contributed by atoms with van der Waals surface area (Å²) in [4.78, 5) is 25.8. The fourth-order valence-electron chi connectivity index (χ4n) is 2.13. The van der Waals surface area contributed by atoms with Gasteiger partial charge in [-0.2, -0.15) is 0 Å². The minimum atomic E-state index is -0.463. The van der Waals surface area contributed by atoms with Crippen molar-refractivity contribution in [2.45, 2.75) is 6.92 Å². The van der Waals surface area contributed by atoms with Crippen LogP contribution in [0, 0.1) is 6.92 Å². The Labute approximate surface area is 124 Å². The number of nitrogens with zero attached hydrogens (tertiary/aromatic N) is 1. The second-order valence-electron chi connectivity index (χ2n) is 4.74. The summed E-state index contributed by atoms with van der Waals surface area (Å²) >= 11 is 0. The van der Waals surface area contributed by atoms with Crippen LogP contribution < -0.4 is 4.90 Å². The zero-order valence-corrected chi connectivity index (χ0v) is 12.3. The van der Waals surface area contributed by atoms with E-state index in [4.69, 9.17) is 4.74 Å². The molecule has 0 spiro atoms. The highest BCUT2D eigenvalue weighted by Gasteiger charge is 2.19. The highest BCUT2D eigenvalue weighted by atomic mass is 16.5. The lowest BCUT2D eigenvalue weighted by atomic mass is 10.1. The molecule has 0 N–H and O–H groups in total. The third-order valence-corrected chi connectivity index (χ3v) is 3.24. The molecule has 21 heavy (non-hydrogen) atoms. The maximum atomic E-state index is 12.5. The molecule has 2 aromatic carbocycles. The van der Waals surface area contributed by atoms with E-state index in [9.17, 15) is 9.59 Å². The minimum Gasteiger partial charge on any atom is -0.465 e. The van der Waals surface area contributed by atoms with E-state index in [1.165, 1.54) is 12.0 Å². The first-order chi connectivity index (χ1) is 10.0. The van der Waals surface area contributed by atoms with Crippen molar-refractivity contribution in [3.63, 3.8) is 0 Å². The van der Waals surface area contributed by atoms with Crippen molar-refractivity contribution in [1.29, 1.82) is 0 Å². The van der Waals surface area contributed by atoms with Crippen molar-refractivity contribution in [3.8, 4) is 0 Å². The van der Waals surface area contributed by atoms with E-state index in [0.29, 0.717) is 16.8 Å². The van der Waals surface area contributed by atoms with Crippen LogP contribution in [0.1, 0.15) is 26.3 Å².